The van der Waals surface area contributed by atoms with Gasteiger partial charge in [-0.25, -0.2) is 0 Å². The van der Waals surface area contributed by atoms with Crippen molar-refractivity contribution in [1.82, 2.24) is 9.97 Å². The molecule has 3 heterocycles. The molecule has 0 aliphatic heterocycles. The SMILES string of the molecule is [2H]C([2H])([2H])c1ccc(-c2[c-]cc(C([2H])([2H])[2H])c(-c3ccccc3)c2)nc1.[2H]C([2H])([2H])c1cnc(-c2[c-]ccc3c2oc2c3ccc3ccc4ccccc4c32)cc1-c1ccc(C(C)(CC)CC)cc1C([2H])([2H])[2H].[Ir]. The van der Waals surface area contributed by atoms with Crippen LogP contribution in [0.25, 0.3) is 88.3 Å². The fourth-order valence-electron chi connectivity index (χ4n) is 8.15. The van der Waals surface area contributed by atoms with Gasteiger partial charge < -0.3 is 14.4 Å². The topological polar surface area (TPSA) is 38.9 Å². The molecule has 4 heteroatoms. The fraction of sp³-hybridized carbons (Fsp3) is 0.172. The molecule has 10 aromatic rings. The number of nitrogens with zero attached hydrogens (tertiary/aromatic N) is 2. The monoisotopic (exact) mass is 995 g/mol. The van der Waals surface area contributed by atoms with Crippen LogP contribution in [0.4, 0.5) is 0 Å². The summed E-state index contributed by atoms with van der Waals surface area (Å²) in [6, 6.07) is 49.3. The Bertz CT molecular complexity index is 3670. The van der Waals surface area contributed by atoms with Crippen LogP contribution in [0, 0.1) is 39.5 Å². The van der Waals surface area contributed by atoms with Gasteiger partial charge in [-0.3, -0.25) is 0 Å². The number of pyridine rings is 2. The van der Waals surface area contributed by atoms with Crippen molar-refractivity contribution in [3.05, 3.63) is 192 Å². The quantitative estimate of drug-likeness (QED) is 0.118. The van der Waals surface area contributed by atoms with E-state index in [1.54, 1.807) is 30.3 Å². The number of aromatic nitrogens is 2. The van der Waals surface area contributed by atoms with Crippen molar-refractivity contribution in [3.63, 3.8) is 0 Å². The van der Waals surface area contributed by atoms with E-state index in [1.165, 1.54) is 24.5 Å². The summed E-state index contributed by atoms with van der Waals surface area (Å²) in [6.45, 7) is -3.17. The number of rotatable bonds is 7. The maximum Gasteiger partial charge on any atom is 0.129 e. The van der Waals surface area contributed by atoms with Crippen molar-refractivity contribution in [1.29, 1.82) is 0 Å². The number of aryl methyl sites for hydroxylation is 4. The smallest absolute Gasteiger partial charge is 0.129 e. The molecule has 7 aromatic carbocycles. The second-order valence-electron chi connectivity index (χ2n) is 15.6. The third-order valence-electron chi connectivity index (χ3n) is 12.1. The van der Waals surface area contributed by atoms with E-state index in [4.69, 9.17) is 20.9 Å². The van der Waals surface area contributed by atoms with Crippen LogP contribution in [0.5, 0.6) is 0 Å². The van der Waals surface area contributed by atoms with E-state index in [1.807, 2.05) is 60.7 Å². The Labute approximate surface area is 396 Å². The van der Waals surface area contributed by atoms with Crippen LogP contribution in [0.3, 0.4) is 0 Å². The van der Waals surface area contributed by atoms with Gasteiger partial charge in [-0.05, 0) is 105 Å². The molecule has 10 rings (SSSR count). The average molecular weight is 995 g/mol. The maximum absolute atomic E-state index is 8.47. The average Bonchev–Trinajstić information content (AvgIpc) is 3.76. The van der Waals surface area contributed by atoms with Crippen LogP contribution in [-0.2, 0) is 25.5 Å². The molecule has 0 amide bonds. The molecule has 62 heavy (non-hydrogen) atoms. The summed E-state index contributed by atoms with van der Waals surface area (Å²) < 4.78 is 103. The van der Waals surface area contributed by atoms with Crippen molar-refractivity contribution < 1.29 is 41.0 Å². The van der Waals surface area contributed by atoms with Gasteiger partial charge in [0.2, 0.25) is 0 Å². The standard InChI is InChI=1S/C39H34NO.C19H16N.Ir/c1-6-39(5,7-2)28-18-20-29(24(3)21-28)34-22-35(40-23-25(34)4)33-14-10-13-31-32-19-17-27-16-15-26-11-8-9-12-30(26)36(27)38(32)41-37(31)33;1-14-8-11-19(20-13-14)17-10-9-15(2)18(12-17)16-6-4-3-5-7-16;/h8-13,15-23H,6-7H2,1-5H3;3-9,11-13H,1-2H3;/q2*-1;/i3D3,4D3;1D3,2D3;. The maximum atomic E-state index is 8.47. The molecule has 0 spiro atoms. The summed E-state index contributed by atoms with van der Waals surface area (Å²) >= 11 is 0. The Balaban J connectivity index is 0.000000229. The second kappa shape index (κ2) is 17.7. The first-order valence-electron chi connectivity index (χ1n) is 26.4. The minimum Gasteiger partial charge on any atom is -0.500 e. The predicted octanol–water partition coefficient (Wildman–Crippen LogP) is 15.9. The molecule has 0 aliphatic rings. The van der Waals surface area contributed by atoms with Crippen LogP contribution in [0.2, 0.25) is 0 Å². The van der Waals surface area contributed by atoms with Crippen LogP contribution >= 0.6 is 0 Å². The zero-order valence-corrected chi connectivity index (χ0v) is 36.9. The van der Waals surface area contributed by atoms with Gasteiger partial charge in [0.15, 0.2) is 0 Å². The third kappa shape index (κ3) is 7.90. The van der Waals surface area contributed by atoms with E-state index in [-0.39, 0.29) is 47.8 Å². The molecule has 0 atom stereocenters. The molecule has 3 nitrogen and oxygen atoms in total. The molecule has 0 unspecified atom stereocenters. The first kappa shape index (κ1) is 30.0. The molecule has 0 bridgehead atoms. The van der Waals surface area contributed by atoms with Crippen molar-refractivity contribution in [3.8, 4) is 44.8 Å². The summed E-state index contributed by atoms with van der Waals surface area (Å²) in [5.41, 5.74) is 6.70. The van der Waals surface area contributed by atoms with E-state index in [0.717, 1.165) is 61.9 Å². The van der Waals surface area contributed by atoms with E-state index >= 15 is 0 Å². The predicted molar refractivity (Wildman–Crippen MR) is 257 cm³/mol. The van der Waals surface area contributed by atoms with E-state index in [2.05, 4.69) is 79.3 Å². The molecule has 0 N–H and O–H groups in total. The second-order valence-corrected chi connectivity index (χ2v) is 15.6. The zero-order valence-electron chi connectivity index (χ0n) is 46.5. The normalized spacial score (nSPS) is 15.1. The Kier molecular flexibility index (Phi) is 8.53. The van der Waals surface area contributed by atoms with Gasteiger partial charge in [-0.1, -0.05) is 159 Å². The molecule has 3 aromatic heterocycles. The summed E-state index contributed by atoms with van der Waals surface area (Å²) in [7, 11) is 0. The summed E-state index contributed by atoms with van der Waals surface area (Å²) in [4.78, 5) is 8.83. The number of furan rings is 1. The van der Waals surface area contributed by atoms with E-state index in [9.17, 15) is 0 Å². The third-order valence-corrected chi connectivity index (χ3v) is 12.1. The van der Waals surface area contributed by atoms with Gasteiger partial charge in [0.1, 0.15) is 5.58 Å². The van der Waals surface area contributed by atoms with E-state index < -0.39 is 27.4 Å². The number of benzene rings is 7. The molecular weight excluding hydrogens is 933 g/mol. The van der Waals surface area contributed by atoms with Gasteiger partial charge in [0.05, 0.1) is 5.58 Å². The molecule has 0 saturated heterocycles. The Morgan fingerprint density at radius 2 is 1.35 bits per heavy atom. The largest absolute Gasteiger partial charge is 0.500 e. The first-order valence-corrected chi connectivity index (χ1v) is 20.4. The van der Waals surface area contributed by atoms with Gasteiger partial charge in [0.25, 0.3) is 0 Å². The molecule has 0 aliphatic carbocycles. The van der Waals surface area contributed by atoms with Crippen molar-refractivity contribution >= 4 is 43.5 Å². The molecular formula is C58H50IrN2O-2. The first-order chi connectivity index (χ1) is 34.5. The number of hydrogen-bond acceptors (Lipinski definition) is 3. The molecule has 309 valence electrons. The van der Waals surface area contributed by atoms with Crippen molar-refractivity contribution in [2.75, 3.05) is 0 Å². The van der Waals surface area contributed by atoms with Crippen LogP contribution in [0.1, 0.15) is 77.9 Å². The summed E-state index contributed by atoms with van der Waals surface area (Å²) in [5, 5.41) is 6.12. The Hall–Kier alpha value is -6.19. The Morgan fingerprint density at radius 1 is 0.597 bits per heavy atom. The summed E-state index contributed by atoms with van der Waals surface area (Å²) in [5.74, 6) is 0. The van der Waals surface area contributed by atoms with Crippen molar-refractivity contribution in [2.24, 2.45) is 0 Å². The molecule has 0 saturated carbocycles. The minimum atomic E-state index is -2.53. The number of hydrogen-bond donors (Lipinski definition) is 0. The van der Waals surface area contributed by atoms with Crippen molar-refractivity contribution in [2.45, 2.75) is 66.4 Å². The molecule has 1 radical (unpaired) electrons. The molecule has 0 fully saturated rings. The number of fused-ring (bicyclic) bond motifs is 7. The van der Waals surface area contributed by atoms with Gasteiger partial charge in [0, 0.05) is 59.7 Å². The van der Waals surface area contributed by atoms with Gasteiger partial charge in [-0.2, -0.15) is 0 Å². The van der Waals surface area contributed by atoms with Gasteiger partial charge in [-0.15, -0.1) is 47.5 Å². The van der Waals surface area contributed by atoms with Crippen LogP contribution in [-0.4, -0.2) is 9.97 Å². The summed E-state index contributed by atoms with van der Waals surface area (Å²) in [6.07, 6.45) is 4.34. The fourth-order valence-corrected chi connectivity index (χ4v) is 8.15. The van der Waals surface area contributed by atoms with Gasteiger partial charge >= 0.3 is 0 Å². The van der Waals surface area contributed by atoms with Crippen LogP contribution < -0.4 is 0 Å². The van der Waals surface area contributed by atoms with E-state index in [0.29, 0.717) is 44.8 Å². The zero-order chi connectivity index (χ0) is 52.3. The Morgan fingerprint density at radius 3 is 2.13 bits per heavy atom. The minimum absolute atomic E-state index is 0. The van der Waals surface area contributed by atoms with Crippen LogP contribution in [0.15, 0.2) is 156 Å².